The van der Waals surface area contributed by atoms with Crippen LogP contribution in [0.2, 0.25) is 0 Å². The number of nitrogens with one attached hydrogen (secondary N) is 2. The average molecular weight is 467 g/mol. The summed E-state index contributed by atoms with van der Waals surface area (Å²) in [7, 11) is 1.31. The Balaban J connectivity index is 1.45. The fourth-order valence-corrected chi connectivity index (χ4v) is 3.34. The number of hydrazone groups is 1. The van der Waals surface area contributed by atoms with Crippen molar-refractivity contribution in [1.82, 2.24) is 5.43 Å². The smallest absolute Gasteiger partial charge is 0.338 e. The number of carbonyl (C=O) groups excluding carboxylic acids is 3. The largest absolute Gasteiger partial charge is 0.465 e. The van der Waals surface area contributed by atoms with E-state index in [0.717, 1.165) is 0 Å². The predicted molar refractivity (Wildman–Crippen MR) is 131 cm³/mol. The van der Waals surface area contributed by atoms with Crippen molar-refractivity contribution in [3.05, 3.63) is 113 Å². The Morgan fingerprint density at radius 1 is 0.800 bits per heavy atom. The van der Waals surface area contributed by atoms with E-state index in [0.29, 0.717) is 33.9 Å². The maximum absolute atomic E-state index is 12.7. The monoisotopic (exact) mass is 467 g/mol. The van der Waals surface area contributed by atoms with E-state index in [-0.39, 0.29) is 11.5 Å². The van der Waals surface area contributed by atoms with Crippen molar-refractivity contribution in [2.24, 2.45) is 5.10 Å². The number of hydrogen-bond donors (Lipinski definition) is 2. The Hall–Kier alpha value is -4.98. The molecule has 0 saturated heterocycles. The number of hydrogen-bond acceptors (Lipinski definition) is 6. The van der Waals surface area contributed by atoms with Crippen LogP contribution in [0.5, 0.6) is 0 Å². The summed E-state index contributed by atoms with van der Waals surface area (Å²) in [6.07, 6.45) is 1.34. The zero-order chi connectivity index (χ0) is 24.6. The average Bonchev–Trinajstić information content (AvgIpc) is 3.37. The van der Waals surface area contributed by atoms with Gasteiger partial charge in [-0.1, -0.05) is 48.5 Å². The molecule has 2 amide bonds. The van der Waals surface area contributed by atoms with E-state index >= 15 is 0 Å². The Kier molecular flexibility index (Phi) is 7.13. The van der Waals surface area contributed by atoms with E-state index in [9.17, 15) is 14.4 Å². The lowest BCUT2D eigenvalue weighted by molar-refractivity contribution is 0.0601. The van der Waals surface area contributed by atoms with Crippen LogP contribution >= 0.6 is 0 Å². The molecule has 0 aliphatic carbocycles. The SMILES string of the molecule is COC(=O)c1ccccc1-c1ccc(C=NNC(=O)c2ccccc2NC(=O)c2ccccc2)o1. The maximum Gasteiger partial charge on any atom is 0.338 e. The van der Waals surface area contributed by atoms with Crippen molar-refractivity contribution in [1.29, 1.82) is 0 Å². The minimum atomic E-state index is -0.506. The van der Waals surface area contributed by atoms with Crippen LogP contribution < -0.4 is 10.7 Å². The number of para-hydroxylation sites is 1. The first-order valence-corrected chi connectivity index (χ1v) is 10.6. The van der Waals surface area contributed by atoms with Crippen molar-refractivity contribution in [3.63, 3.8) is 0 Å². The van der Waals surface area contributed by atoms with Crippen LogP contribution in [0, 0.1) is 0 Å². The number of rotatable bonds is 7. The van der Waals surface area contributed by atoms with Gasteiger partial charge in [-0.05, 0) is 42.5 Å². The van der Waals surface area contributed by atoms with Gasteiger partial charge in [0, 0.05) is 11.1 Å². The third kappa shape index (κ3) is 5.51. The van der Waals surface area contributed by atoms with Crippen LogP contribution in [0.4, 0.5) is 5.69 Å². The molecule has 2 N–H and O–H groups in total. The van der Waals surface area contributed by atoms with Gasteiger partial charge in [0.15, 0.2) is 0 Å². The molecular formula is C27H21N3O5. The molecule has 0 aliphatic heterocycles. The molecule has 174 valence electrons. The molecule has 4 rings (SSSR count). The first-order chi connectivity index (χ1) is 17.1. The normalized spacial score (nSPS) is 10.7. The Bertz CT molecular complexity index is 1390. The first kappa shape index (κ1) is 23.2. The summed E-state index contributed by atoms with van der Waals surface area (Å²) < 4.78 is 10.6. The van der Waals surface area contributed by atoms with E-state index in [2.05, 4.69) is 15.8 Å². The molecule has 0 atom stereocenters. The summed E-state index contributed by atoms with van der Waals surface area (Å²) in [6.45, 7) is 0. The molecule has 0 spiro atoms. The summed E-state index contributed by atoms with van der Waals surface area (Å²) in [4.78, 5) is 37.2. The zero-order valence-electron chi connectivity index (χ0n) is 18.7. The second-order valence-electron chi connectivity index (χ2n) is 7.30. The number of esters is 1. The molecule has 0 unspecified atom stereocenters. The number of methoxy groups -OCH3 is 1. The highest BCUT2D eigenvalue weighted by Crippen LogP contribution is 2.26. The third-order valence-electron chi connectivity index (χ3n) is 5.04. The summed E-state index contributed by atoms with van der Waals surface area (Å²) >= 11 is 0. The van der Waals surface area contributed by atoms with E-state index in [4.69, 9.17) is 9.15 Å². The van der Waals surface area contributed by atoms with Crippen molar-refractivity contribution in [3.8, 4) is 11.3 Å². The number of amides is 2. The molecule has 0 fully saturated rings. The summed E-state index contributed by atoms with van der Waals surface area (Å²) in [5, 5.41) is 6.70. The lowest BCUT2D eigenvalue weighted by atomic mass is 10.1. The molecule has 1 heterocycles. The van der Waals surface area contributed by atoms with E-state index in [1.165, 1.54) is 13.3 Å². The zero-order valence-corrected chi connectivity index (χ0v) is 18.7. The third-order valence-corrected chi connectivity index (χ3v) is 5.04. The first-order valence-electron chi connectivity index (χ1n) is 10.6. The Morgan fingerprint density at radius 2 is 1.49 bits per heavy atom. The highest BCUT2D eigenvalue weighted by atomic mass is 16.5. The van der Waals surface area contributed by atoms with Gasteiger partial charge >= 0.3 is 5.97 Å². The summed E-state index contributed by atoms with van der Waals surface area (Å²) in [5.74, 6) is -0.492. The second kappa shape index (κ2) is 10.8. The highest BCUT2D eigenvalue weighted by molar-refractivity contribution is 6.09. The number of carbonyl (C=O) groups is 3. The highest BCUT2D eigenvalue weighted by Gasteiger charge is 2.16. The minimum absolute atomic E-state index is 0.251. The molecule has 1 aromatic heterocycles. The van der Waals surface area contributed by atoms with Crippen molar-refractivity contribution in [2.45, 2.75) is 0 Å². The molecular weight excluding hydrogens is 446 g/mol. The number of ether oxygens (including phenoxy) is 1. The predicted octanol–water partition coefficient (Wildman–Crippen LogP) is 4.75. The minimum Gasteiger partial charge on any atom is -0.465 e. The molecule has 8 heteroatoms. The van der Waals surface area contributed by atoms with Gasteiger partial charge in [-0.25, -0.2) is 10.2 Å². The number of anilines is 1. The van der Waals surface area contributed by atoms with Crippen LogP contribution in [-0.4, -0.2) is 31.1 Å². The van der Waals surface area contributed by atoms with Gasteiger partial charge < -0.3 is 14.5 Å². The van der Waals surface area contributed by atoms with Crippen molar-refractivity contribution >= 4 is 29.7 Å². The topological polar surface area (TPSA) is 110 Å². The maximum atomic E-state index is 12.7. The van der Waals surface area contributed by atoms with E-state index in [1.807, 2.05) is 6.07 Å². The Labute approximate surface area is 201 Å². The molecule has 0 aliphatic rings. The Morgan fingerprint density at radius 3 is 2.26 bits per heavy atom. The van der Waals surface area contributed by atoms with Crippen molar-refractivity contribution < 1.29 is 23.5 Å². The summed E-state index contributed by atoms with van der Waals surface area (Å²) in [6, 6.07) is 25.6. The van der Waals surface area contributed by atoms with E-state index < -0.39 is 11.9 Å². The quantitative estimate of drug-likeness (QED) is 0.232. The van der Waals surface area contributed by atoms with Crippen LogP contribution in [0.1, 0.15) is 36.8 Å². The fraction of sp³-hybridized carbons (Fsp3) is 0.0370. The van der Waals surface area contributed by atoms with Gasteiger partial charge in [0.1, 0.15) is 11.5 Å². The van der Waals surface area contributed by atoms with Gasteiger partial charge in [0.2, 0.25) is 0 Å². The molecule has 35 heavy (non-hydrogen) atoms. The van der Waals surface area contributed by atoms with Gasteiger partial charge in [0.05, 0.1) is 30.1 Å². The van der Waals surface area contributed by atoms with Crippen LogP contribution in [0.3, 0.4) is 0 Å². The van der Waals surface area contributed by atoms with Gasteiger partial charge in [0.25, 0.3) is 11.8 Å². The van der Waals surface area contributed by atoms with E-state index in [1.54, 1.807) is 84.9 Å². The molecule has 0 saturated carbocycles. The number of nitrogens with zero attached hydrogens (tertiary/aromatic N) is 1. The van der Waals surface area contributed by atoms with Crippen LogP contribution in [-0.2, 0) is 4.74 Å². The van der Waals surface area contributed by atoms with Crippen LogP contribution in [0.25, 0.3) is 11.3 Å². The number of furan rings is 1. The summed E-state index contributed by atoms with van der Waals surface area (Å²) in [5.41, 5.74) is 4.46. The standard InChI is InChI=1S/C27H21N3O5/c1-34-27(33)21-12-6-5-11-20(21)24-16-15-19(35-24)17-28-30-26(32)22-13-7-8-14-23(22)29-25(31)18-9-3-2-4-10-18/h2-17H,1H3,(H,29,31)(H,30,32). The van der Waals surface area contributed by atoms with Gasteiger partial charge in [-0.2, -0.15) is 5.10 Å². The second-order valence-corrected chi connectivity index (χ2v) is 7.30. The van der Waals surface area contributed by atoms with Crippen LogP contribution in [0.15, 0.2) is 101 Å². The molecule has 8 nitrogen and oxygen atoms in total. The fourth-order valence-electron chi connectivity index (χ4n) is 3.34. The van der Waals surface area contributed by atoms with Crippen molar-refractivity contribution in [2.75, 3.05) is 12.4 Å². The molecule has 0 radical (unpaired) electrons. The lowest BCUT2D eigenvalue weighted by Gasteiger charge is -2.10. The molecule has 0 bridgehead atoms. The molecule has 4 aromatic rings. The van der Waals surface area contributed by atoms with Gasteiger partial charge in [-0.15, -0.1) is 0 Å². The number of benzene rings is 3. The van der Waals surface area contributed by atoms with Gasteiger partial charge in [-0.3, -0.25) is 9.59 Å². The lowest BCUT2D eigenvalue weighted by Crippen LogP contribution is -2.21. The molecule has 3 aromatic carbocycles.